The first-order valence-electron chi connectivity index (χ1n) is 8.18. The lowest BCUT2D eigenvalue weighted by molar-refractivity contribution is 0.504. The lowest BCUT2D eigenvalue weighted by atomic mass is 9.77. The molecule has 1 atom stereocenters. The van der Waals surface area contributed by atoms with Crippen molar-refractivity contribution in [3.8, 4) is 0 Å². The number of benzene rings is 2. The predicted molar refractivity (Wildman–Crippen MR) is 95.9 cm³/mol. The number of nitrogens with one attached hydrogen (secondary N) is 1. The van der Waals surface area contributed by atoms with Gasteiger partial charge in [0.25, 0.3) is 0 Å². The fourth-order valence-corrected chi connectivity index (χ4v) is 4.05. The molecule has 2 aromatic carbocycles. The van der Waals surface area contributed by atoms with Gasteiger partial charge in [-0.2, -0.15) is 0 Å². The summed E-state index contributed by atoms with van der Waals surface area (Å²) in [5, 5.41) is 6.52. The molecule has 0 amide bonds. The summed E-state index contributed by atoms with van der Waals surface area (Å²) in [5.74, 6) is 0.469. The molecule has 0 fully saturated rings. The lowest BCUT2D eigenvalue weighted by Gasteiger charge is -2.25. The van der Waals surface area contributed by atoms with E-state index in [-0.39, 0.29) is 11.0 Å². The summed E-state index contributed by atoms with van der Waals surface area (Å²) < 4.78 is 0. The lowest BCUT2D eigenvalue weighted by Crippen LogP contribution is -2.30. The van der Waals surface area contributed by atoms with Crippen LogP contribution in [-0.2, 0) is 5.41 Å². The van der Waals surface area contributed by atoms with E-state index in [1.807, 2.05) is 0 Å². The van der Waals surface area contributed by atoms with Gasteiger partial charge < -0.3 is 5.32 Å². The van der Waals surface area contributed by atoms with E-state index >= 15 is 0 Å². The molecule has 0 spiro atoms. The van der Waals surface area contributed by atoms with Crippen molar-refractivity contribution >= 4 is 27.9 Å². The number of aliphatic imine (C=N–C) groups is 1. The molecule has 2 nitrogen and oxygen atoms in total. The highest BCUT2D eigenvalue weighted by Crippen LogP contribution is 2.56. The standard InChI is InChI=1S/C20H24N2/c1-11-15-13-9-7-8-10-14(13)16-18(17(15)22-20(11,5)6)21-12(2)19(16,3)4/h7-11,22H,1-6H3. The monoisotopic (exact) mass is 292 g/mol. The highest BCUT2D eigenvalue weighted by atomic mass is 15.0. The summed E-state index contributed by atoms with van der Waals surface area (Å²) in [4.78, 5) is 4.98. The molecule has 1 N–H and O–H groups in total. The van der Waals surface area contributed by atoms with Gasteiger partial charge in [0.1, 0.15) is 0 Å². The van der Waals surface area contributed by atoms with E-state index in [1.54, 1.807) is 0 Å². The number of nitrogens with zero attached hydrogens (tertiary/aromatic N) is 1. The molecule has 2 aliphatic rings. The minimum atomic E-state index is 0.00160. The Morgan fingerprint density at radius 1 is 1.05 bits per heavy atom. The molecule has 0 radical (unpaired) electrons. The van der Waals surface area contributed by atoms with Crippen molar-refractivity contribution < 1.29 is 0 Å². The van der Waals surface area contributed by atoms with Crippen LogP contribution in [0.4, 0.5) is 11.4 Å². The van der Waals surface area contributed by atoms with E-state index in [1.165, 1.54) is 39.0 Å². The van der Waals surface area contributed by atoms with Crippen molar-refractivity contribution in [2.45, 2.75) is 58.4 Å². The quantitative estimate of drug-likeness (QED) is 0.678. The molecule has 2 aromatic rings. The maximum absolute atomic E-state index is 4.98. The Balaban J connectivity index is 2.20. The number of hydrogen-bond acceptors (Lipinski definition) is 2. The first-order chi connectivity index (χ1) is 10.2. The molecule has 1 unspecified atom stereocenters. The van der Waals surface area contributed by atoms with Gasteiger partial charge in [0.2, 0.25) is 0 Å². The molecule has 0 bridgehead atoms. The number of fused-ring (bicyclic) bond motifs is 6. The topological polar surface area (TPSA) is 24.4 Å². The van der Waals surface area contributed by atoms with Crippen LogP contribution in [0.15, 0.2) is 29.3 Å². The van der Waals surface area contributed by atoms with Crippen LogP contribution in [0, 0.1) is 0 Å². The highest BCUT2D eigenvalue weighted by Gasteiger charge is 2.43. The van der Waals surface area contributed by atoms with Crippen LogP contribution in [0.5, 0.6) is 0 Å². The minimum Gasteiger partial charge on any atom is -0.378 e. The van der Waals surface area contributed by atoms with Crippen LogP contribution in [0.1, 0.15) is 58.6 Å². The Morgan fingerprint density at radius 2 is 1.68 bits per heavy atom. The number of anilines is 1. The molecule has 114 valence electrons. The van der Waals surface area contributed by atoms with Gasteiger partial charge in [0.15, 0.2) is 0 Å². The first kappa shape index (κ1) is 13.8. The molecule has 0 aromatic heterocycles. The predicted octanol–water partition coefficient (Wildman–Crippen LogP) is 5.53. The van der Waals surface area contributed by atoms with Crippen molar-refractivity contribution in [1.82, 2.24) is 0 Å². The Bertz CT molecular complexity index is 840. The SMILES string of the molecule is CC1=Nc2c3c(c4ccccc4c2C1(C)C)C(C)C(C)(C)N3. The molecule has 4 rings (SSSR count). The first-order valence-corrected chi connectivity index (χ1v) is 8.18. The zero-order valence-corrected chi connectivity index (χ0v) is 14.3. The molecule has 0 aliphatic carbocycles. The van der Waals surface area contributed by atoms with Gasteiger partial charge in [-0.25, -0.2) is 0 Å². The maximum atomic E-state index is 4.98. The van der Waals surface area contributed by atoms with E-state index in [0.29, 0.717) is 5.92 Å². The summed E-state index contributed by atoms with van der Waals surface area (Å²) in [6.45, 7) is 13.6. The van der Waals surface area contributed by atoms with Crippen molar-refractivity contribution in [3.05, 3.63) is 35.4 Å². The Labute approximate surface area is 132 Å². The Hall–Kier alpha value is -1.83. The van der Waals surface area contributed by atoms with Crippen molar-refractivity contribution in [1.29, 1.82) is 0 Å². The molecule has 0 saturated carbocycles. The van der Waals surface area contributed by atoms with Gasteiger partial charge in [-0.3, -0.25) is 4.99 Å². The van der Waals surface area contributed by atoms with Crippen LogP contribution in [-0.4, -0.2) is 11.3 Å². The fraction of sp³-hybridized carbons (Fsp3) is 0.450. The van der Waals surface area contributed by atoms with E-state index in [4.69, 9.17) is 4.99 Å². The van der Waals surface area contributed by atoms with E-state index in [0.717, 1.165) is 0 Å². The molecule has 0 saturated heterocycles. The third kappa shape index (κ3) is 1.48. The summed E-state index contributed by atoms with van der Waals surface area (Å²) >= 11 is 0. The van der Waals surface area contributed by atoms with Crippen molar-refractivity contribution in [2.75, 3.05) is 5.32 Å². The third-order valence-electron chi connectivity index (χ3n) is 6.00. The summed E-state index contributed by atoms with van der Waals surface area (Å²) in [6.07, 6.45) is 0. The van der Waals surface area contributed by atoms with Crippen LogP contribution in [0.3, 0.4) is 0 Å². The highest BCUT2D eigenvalue weighted by molar-refractivity contribution is 6.11. The normalized spacial score (nSPS) is 23.9. The van der Waals surface area contributed by atoms with E-state index in [2.05, 4.69) is 71.1 Å². The van der Waals surface area contributed by atoms with Gasteiger partial charge in [0, 0.05) is 22.6 Å². The van der Waals surface area contributed by atoms with Crippen LogP contribution in [0.25, 0.3) is 10.8 Å². The number of hydrogen-bond donors (Lipinski definition) is 1. The second kappa shape index (κ2) is 3.92. The van der Waals surface area contributed by atoms with Gasteiger partial charge in [-0.05, 0) is 42.7 Å². The largest absolute Gasteiger partial charge is 0.378 e. The second-order valence-electron chi connectivity index (χ2n) is 7.95. The molecule has 22 heavy (non-hydrogen) atoms. The van der Waals surface area contributed by atoms with Crippen molar-refractivity contribution in [2.24, 2.45) is 4.99 Å². The van der Waals surface area contributed by atoms with Crippen LogP contribution >= 0.6 is 0 Å². The smallest absolute Gasteiger partial charge is 0.0911 e. The van der Waals surface area contributed by atoms with E-state index < -0.39 is 0 Å². The molecular formula is C20H24N2. The number of rotatable bonds is 0. The van der Waals surface area contributed by atoms with Gasteiger partial charge in [-0.1, -0.05) is 45.0 Å². The zero-order valence-electron chi connectivity index (χ0n) is 14.3. The third-order valence-corrected chi connectivity index (χ3v) is 6.00. The van der Waals surface area contributed by atoms with E-state index in [9.17, 15) is 0 Å². The summed E-state index contributed by atoms with van der Waals surface area (Å²) in [6, 6.07) is 8.85. The molecular weight excluding hydrogens is 268 g/mol. The molecule has 2 heterocycles. The van der Waals surface area contributed by atoms with Crippen LogP contribution < -0.4 is 5.32 Å². The summed E-state index contributed by atoms with van der Waals surface area (Å²) in [5.41, 5.74) is 6.54. The molecule has 2 heteroatoms. The average molecular weight is 292 g/mol. The minimum absolute atomic E-state index is 0.00160. The molecule has 2 aliphatic heterocycles. The van der Waals surface area contributed by atoms with Crippen molar-refractivity contribution in [3.63, 3.8) is 0 Å². The van der Waals surface area contributed by atoms with Gasteiger partial charge in [0.05, 0.1) is 11.4 Å². The van der Waals surface area contributed by atoms with Crippen LogP contribution in [0.2, 0.25) is 0 Å². The average Bonchev–Trinajstić information content (AvgIpc) is 2.83. The zero-order chi connectivity index (χ0) is 15.9. The van der Waals surface area contributed by atoms with Gasteiger partial charge >= 0.3 is 0 Å². The Kier molecular flexibility index (Phi) is 2.46. The second-order valence-corrected chi connectivity index (χ2v) is 7.95. The maximum Gasteiger partial charge on any atom is 0.0911 e. The van der Waals surface area contributed by atoms with Gasteiger partial charge in [-0.15, -0.1) is 0 Å². The Morgan fingerprint density at radius 3 is 2.36 bits per heavy atom. The fourth-order valence-electron chi connectivity index (χ4n) is 4.05. The summed E-state index contributed by atoms with van der Waals surface area (Å²) in [7, 11) is 0.